The van der Waals surface area contributed by atoms with Crippen LogP contribution in [0.2, 0.25) is 0 Å². The van der Waals surface area contributed by atoms with Gasteiger partial charge in [-0.05, 0) is 18.6 Å². The molecule has 0 aromatic heterocycles. The largest absolute Gasteiger partial charge is 0.224 e. The summed E-state index contributed by atoms with van der Waals surface area (Å²) in [5.41, 5.74) is 0. The van der Waals surface area contributed by atoms with Crippen LogP contribution in [0.25, 0.3) is 0 Å². The smallest absolute Gasteiger partial charge is 0.179 e. The molecule has 0 unspecified atom stereocenters. The van der Waals surface area contributed by atoms with Crippen molar-refractivity contribution in [2.75, 3.05) is 17.4 Å². The van der Waals surface area contributed by atoms with Crippen molar-refractivity contribution in [1.29, 1.82) is 0 Å². The monoisotopic (exact) mass is 310 g/mol. The minimum Gasteiger partial charge on any atom is -0.224 e. The fourth-order valence-corrected chi connectivity index (χ4v) is 4.90. The summed E-state index contributed by atoms with van der Waals surface area (Å²) in [7, 11) is -7.16. The van der Waals surface area contributed by atoms with Crippen molar-refractivity contribution in [1.82, 2.24) is 0 Å². The molecule has 0 saturated heterocycles. The quantitative estimate of drug-likeness (QED) is 0.752. The number of hydrogen-bond donors (Lipinski definition) is 0. The van der Waals surface area contributed by atoms with Crippen molar-refractivity contribution in [2.45, 2.75) is 23.1 Å². The van der Waals surface area contributed by atoms with Crippen LogP contribution < -0.4 is 0 Å². The lowest BCUT2D eigenvalue weighted by molar-refractivity contribution is 0.582. The number of sulfone groups is 2. The Labute approximate surface area is 113 Å². The van der Waals surface area contributed by atoms with Gasteiger partial charge in [0, 0.05) is 5.88 Å². The SMILES string of the molecule is CCS(=O)(=O)c1ccccc1S(=O)(=O)CCCCl. The molecular weight excluding hydrogens is 296 g/mol. The minimum atomic E-state index is -3.61. The van der Waals surface area contributed by atoms with Crippen LogP contribution in [0.1, 0.15) is 13.3 Å². The van der Waals surface area contributed by atoms with E-state index in [-0.39, 0.29) is 27.2 Å². The van der Waals surface area contributed by atoms with Crippen molar-refractivity contribution in [3.05, 3.63) is 24.3 Å². The Morgan fingerprint density at radius 3 is 1.94 bits per heavy atom. The molecule has 0 spiro atoms. The van der Waals surface area contributed by atoms with Crippen molar-refractivity contribution >= 4 is 31.3 Å². The van der Waals surface area contributed by atoms with E-state index in [1.165, 1.54) is 31.2 Å². The van der Waals surface area contributed by atoms with Gasteiger partial charge in [0.1, 0.15) is 0 Å². The lowest BCUT2D eigenvalue weighted by atomic mass is 10.4. The summed E-state index contributed by atoms with van der Waals surface area (Å²) in [4.78, 5) is -0.251. The highest BCUT2D eigenvalue weighted by atomic mass is 35.5. The maximum atomic E-state index is 12.1. The van der Waals surface area contributed by atoms with Gasteiger partial charge >= 0.3 is 0 Å². The van der Waals surface area contributed by atoms with E-state index in [0.29, 0.717) is 6.42 Å². The lowest BCUT2D eigenvalue weighted by Gasteiger charge is -2.09. The number of halogens is 1. The lowest BCUT2D eigenvalue weighted by Crippen LogP contribution is -2.14. The molecule has 0 bridgehead atoms. The first-order valence-corrected chi connectivity index (χ1v) is 9.29. The molecule has 0 aliphatic carbocycles. The molecule has 0 aliphatic heterocycles. The molecule has 0 aliphatic rings. The predicted octanol–water partition coefficient (Wildman–Crippen LogP) is 1.88. The van der Waals surface area contributed by atoms with Gasteiger partial charge in [0.25, 0.3) is 0 Å². The molecule has 0 amide bonds. The Kier molecular flexibility index (Phi) is 5.19. The summed E-state index contributed by atoms with van der Waals surface area (Å²) < 4.78 is 47.8. The van der Waals surface area contributed by atoms with Crippen LogP contribution in [0.5, 0.6) is 0 Å². The Morgan fingerprint density at radius 1 is 1.00 bits per heavy atom. The molecule has 102 valence electrons. The van der Waals surface area contributed by atoms with E-state index in [2.05, 4.69) is 0 Å². The second kappa shape index (κ2) is 6.04. The topological polar surface area (TPSA) is 68.3 Å². The number of alkyl halides is 1. The molecule has 0 N–H and O–H groups in total. The van der Waals surface area contributed by atoms with Crippen molar-refractivity contribution in [2.24, 2.45) is 0 Å². The van der Waals surface area contributed by atoms with E-state index in [9.17, 15) is 16.8 Å². The molecule has 0 radical (unpaired) electrons. The minimum absolute atomic E-state index is 0.123. The number of benzene rings is 1. The van der Waals surface area contributed by atoms with Crippen LogP contribution in [0.4, 0.5) is 0 Å². The van der Waals surface area contributed by atoms with Gasteiger partial charge in [-0.25, -0.2) is 16.8 Å². The average Bonchev–Trinajstić information content (AvgIpc) is 2.36. The highest BCUT2D eigenvalue weighted by Crippen LogP contribution is 2.23. The van der Waals surface area contributed by atoms with E-state index >= 15 is 0 Å². The molecule has 7 heteroatoms. The van der Waals surface area contributed by atoms with E-state index in [1.54, 1.807) is 0 Å². The van der Waals surface area contributed by atoms with Crippen LogP contribution in [0, 0.1) is 0 Å². The van der Waals surface area contributed by atoms with Gasteiger partial charge < -0.3 is 0 Å². The second-order valence-electron chi connectivity index (χ2n) is 3.71. The highest BCUT2D eigenvalue weighted by molar-refractivity contribution is 7.94. The standard InChI is InChI=1S/C11H15ClO4S2/c1-2-17(13,14)10-6-3-4-7-11(10)18(15,16)9-5-8-12/h3-4,6-7H,2,5,8-9H2,1H3. The Morgan fingerprint density at radius 2 is 1.50 bits per heavy atom. The second-order valence-corrected chi connectivity index (χ2v) is 8.41. The third kappa shape index (κ3) is 3.46. The highest BCUT2D eigenvalue weighted by Gasteiger charge is 2.24. The number of rotatable bonds is 6. The third-order valence-corrected chi connectivity index (χ3v) is 6.48. The molecule has 4 nitrogen and oxygen atoms in total. The fourth-order valence-electron chi connectivity index (χ4n) is 1.47. The summed E-state index contributed by atoms with van der Waals surface area (Å²) in [6.45, 7) is 1.48. The molecule has 1 rings (SSSR count). The molecule has 0 heterocycles. The van der Waals surface area contributed by atoms with Gasteiger partial charge in [0.2, 0.25) is 0 Å². The maximum absolute atomic E-state index is 12.1. The normalized spacial score (nSPS) is 12.6. The molecule has 0 atom stereocenters. The predicted molar refractivity (Wildman–Crippen MR) is 71.6 cm³/mol. The molecule has 1 aromatic rings. The van der Waals surface area contributed by atoms with Crippen LogP contribution in [-0.4, -0.2) is 34.2 Å². The van der Waals surface area contributed by atoms with E-state index < -0.39 is 19.7 Å². The summed E-state index contributed by atoms with van der Waals surface area (Å²) in [6, 6.07) is 5.68. The van der Waals surface area contributed by atoms with Gasteiger partial charge in [-0.2, -0.15) is 0 Å². The average molecular weight is 311 g/mol. The van der Waals surface area contributed by atoms with Crippen molar-refractivity contribution in [3.8, 4) is 0 Å². The van der Waals surface area contributed by atoms with E-state index in [1.807, 2.05) is 0 Å². The fraction of sp³-hybridized carbons (Fsp3) is 0.455. The Hall–Kier alpha value is -0.590. The molecular formula is C11H15ClO4S2. The van der Waals surface area contributed by atoms with Crippen LogP contribution >= 0.6 is 11.6 Å². The van der Waals surface area contributed by atoms with Gasteiger partial charge in [0.15, 0.2) is 19.7 Å². The van der Waals surface area contributed by atoms with Gasteiger partial charge in [-0.1, -0.05) is 19.1 Å². The first-order valence-electron chi connectivity index (χ1n) is 5.45. The molecule has 18 heavy (non-hydrogen) atoms. The molecule has 0 saturated carbocycles. The Balaban J connectivity index is 3.35. The van der Waals surface area contributed by atoms with E-state index in [4.69, 9.17) is 11.6 Å². The van der Waals surface area contributed by atoms with Crippen molar-refractivity contribution < 1.29 is 16.8 Å². The van der Waals surface area contributed by atoms with Gasteiger partial charge in [-0.15, -0.1) is 11.6 Å². The molecule has 1 aromatic carbocycles. The summed E-state index contributed by atoms with van der Waals surface area (Å²) >= 11 is 5.47. The first kappa shape index (κ1) is 15.5. The van der Waals surface area contributed by atoms with Crippen LogP contribution in [-0.2, 0) is 19.7 Å². The summed E-state index contributed by atoms with van der Waals surface area (Å²) in [6.07, 6.45) is 0.296. The Bertz CT molecular complexity index is 606. The van der Waals surface area contributed by atoms with Crippen molar-refractivity contribution in [3.63, 3.8) is 0 Å². The zero-order valence-electron chi connectivity index (χ0n) is 9.97. The first-order chi connectivity index (χ1) is 8.35. The molecule has 0 fully saturated rings. The number of hydrogen-bond acceptors (Lipinski definition) is 4. The summed E-state index contributed by atoms with van der Waals surface area (Å²) in [5, 5.41) is 0. The van der Waals surface area contributed by atoms with Gasteiger partial charge in [0.05, 0.1) is 21.3 Å². The van der Waals surface area contributed by atoms with E-state index in [0.717, 1.165) is 0 Å². The zero-order valence-corrected chi connectivity index (χ0v) is 12.4. The van der Waals surface area contributed by atoms with Gasteiger partial charge in [-0.3, -0.25) is 0 Å². The maximum Gasteiger partial charge on any atom is 0.179 e. The zero-order chi connectivity index (χ0) is 13.8. The third-order valence-electron chi connectivity index (χ3n) is 2.45. The van der Waals surface area contributed by atoms with Crippen LogP contribution in [0.3, 0.4) is 0 Å². The summed E-state index contributed by atoms with van der Waals surface area (Å²) in [5.74, 6) is -0.0519. The van der Waals surface area contributed by atoms with Crippen LogP contribution in [0.15, 0.2) is 34.1 Å².